The van der Waals surface area contributed by atoms with E-state index in [9.17, 15) is 14.9 Å². The number of rotatable bonds is 6. The molecule has 0 radical (unpaired) electrons. The van der Waals surface area contributed by atoms with E-state index >= 15 is 0 Å². The molecule has 9 nitrogen and oxygen atoms in total. The predicted molar refractivity (Wildman–Crippen MR) is 151 cm³/mol. The summed E-state index contributed by atoms with van der Waals surface area (Å²) in [6.45, 7) is 3.95. The summed E-state index contributed by atoms with van der Waals surface area (Å²) >= 11 is 0. The predicted octanol–water partition coefficient (Wildman–Crippen LogP) is 4.13. The van der Waals surface area contributed by atoms with Crippen molar-refractivity contribution in [1.82, 2.24) is 29.7 Å². The molecule has 1 spiro atoms. The quantitative estimate of drug-likeness (QED) is 0.505. The molecule has 3 fully saturated rings. The van der Waals surface area contributed by atoms with Gasteiger partial charge in [0.05, 0.1) is 12.7 Å². The normalized spacial score (nSPS) is 20.2. The number of hydrogen-bond donors (Lipinski definition) is 1. The number of likely N-dealkylation sites (tertiary alicyclic amines) is 1. The lowest BCUT2D eigenvalue weighted by atomic mass is 9.86. The maximum atomic E-state index is 14.3. The van der Waals surface area contributed by atoms with Gasteiger partial charge in [-0.05, 0) is 36.8 Å². The highest BCUT2D eigenvalue weighted by Crippen LogP contribution is 2.39. The number of amides is 2. The van der Waals surface area contributed by atoms with E-state index in [1.807, 2.05) is 28.0 Å². The van der Waals surface area contributed by atoms with Gasteiger partial charge < -0.3 is 14.4 Å². The van der Waals surface area contributed by atoms with Gasteiger partial charge >= 0.3 is 0 Å². The first-order chi connectivity index (χ1) is 19.5. The van der Waals surface area contributed by atoms with Gasteiger partial charge in [0.15, 0.2) is 0 Å². The maximum absolute atomic E-state index is 14.3. The molecule has 1 aromatic carbocycles. The molecule has 1 unspecified atom stereocenters. The molecule has 1 aliphatic carbocycles. The van der Waals surface area contributed by atoms with Gasteiger partial charge in [-0.25, -0.2) is 9.97 Å². The van der Waals surface area contributed by atoms with Crippen LogP contribution in [0.2, 0.25) is 0 Å². The minimum atomic E-state index is -0.661. The third-order valence-electron chi connectivity index (χ3n) is 9.28. The van der Waals surface area contributed by atoms with Gasteiger partial charge in [0.25, 0.3) is 0 Å². The van der Waals surface area contributed by atoms with Crippen LogP contribution in [0.4, 0.5) is 0 Å². The number of benzene rings is 1. The Labute approximate surface area is 235 Å². The van der Waals surface area contributed by atoms with Crippen molar-refractivity contribution < 1.29 is 9.59 Å². The van der Waals surface area contributed by atoms with Crippen LogP contribution in [-0.2, 0) is 16.1 Å². The molecule has 1 atom stereocenters. The lowest BCUT2D eigenvalue weighted by Gasteiger charge is -2.38. The lowest BCUT2D eigenvalue weighted by Crippen LogP contribution is -2.55. The molecular weight excluding hydrogens is 502 g/mol. The summed E-state index contributed by atoms with van der Waals surface area (Å²) in [7, 11) is 0. The number of fused-ring (bicyclic) bond motifs is 1. The summed E-state index contributed by atoms with van der Waals surface area (Å²) in [5, 5.41) is 14.0. The smallest absolute Gasteiger partial charge is 0.244 e. The zero-order chi connectivity index (χ0) is 27.7. The Bertz CT molecular complexity index is 1430. The summed E-state index contributed by atoms with van der Waals surface area (Å²) in [6.07, 6.45) is 10.4. The Morgan fingerprint density at radius 3 is 2.62 bits per heavy atom. The number of hydrogen-bond acceptors (Lipinski definition) is 6. The van der Waals surface area contributed by atoms with Crippen molar-refractivity contribution >= 4 is 22.8 Å². The van der Waals surface area contributed by atoms with E-state index in [-0.39, 0.29) is 23.7 Å². The highest BCUT2D eigenvalue weighted by Gasteiger charge is 2.50. The lowest BCUT2D eigenvalue weighted by molar-refractivity contribution is -0.138. The largest absolute Gasteiger partial charge is 0.343 e. The molecule has 2 aliphatic heterocycles. The summed E-state index contributed by atoms with van der Waals surface area (Å²) < 4.78 is 2.24. The Morgan fingerprint density at radius 1 is 1.18 bits per heavy atom. The van der Waals surface area contributed by atoms with E-state index in [1.165, 1.54) is 32.1 Å². The second-order valence-electron chi connectivity index (χ2n) is 11.6. The van der Waals surface area contributed by atoms with Gasteiger partial charge in [0.1, 0.15) is 17.3 Å². The van der Waals surface area contributed by atoms with Gasteiger partial charge in [-0.3, -0.25) is 14.9 Å². The third-order valence-corrected chi connectivity index (χ3v) is 9.28. The molecule has 9 heteroatoms. The van der Waals surface area contributed by atoms with Crippen molar-refractivity contribution in [2.24, 2.45) is 5.92 Å². The number of aromatic nitrogens is 3. The summed E-state index contributed by atoms with van der Waals surface area (Å²) in [4.78, 5) is 38.9. The summed E-state index contributed by atoms with van der Waals surface area (Å²) in [6, 6.07) is 14.1. The van der Waals surface area contributed by atoms with Gasteiger partial charge in [-0.15, -0.1) is 0 Å². The van der Waals surface area contributed by atoms with Crippen molar-refractivity contribution in [2.75, 3.05) is 19.8 Å². The number of nitriles is 1. The molecular formula is C31H37N7O2. The molecule has 2 saturated heterocycles. The molecule has 3 aromatic rings. The van der Waals surface area contributed by atoms with Crippen molar-refractivity contribution in [3.05, 3.63) is 59.7 Å². The van der Waals surface area contributed by atoms with Crippen LogP contribution >= 0.6 is 0 Å². The van der Waals surface area contributed by atoms with Crippen LogP contribution in [0.25, 0.3) is 11.0 Å². The number of carbonyl (C=O) groups is 2. The number of carbonyl (C=O) groups excluding carboxylic acids is 2. The molecule has 6 rings (SSSR count). The minimum Gasteiger partial charge on any atom is -0.343 e. The Balaban J connectivity index is 1.40. The van der Waals surface area contributed by atoms with Crippen LogP contribution in [0.3, 0.4) is 0 Å². The fourth-order valence-corrected chi connectivity index (χ4v) is 6.97. The highest BCUT2D eigenvalue weighted by molar-refractivity contribution is 5.90. The molecule has 0 bridgehead atoms. The van der Waals surface area contributed by atoms with Crippen LogP contribution in [0.15, 0.2) is 42.6 Å². The van der Waals surface area contributed by atoms with Crippen LogP contribution in [0.5, 0.6) is 0 Å². The average molecular weight is 540 g/mol. The van der Waals surface area contributed by atoms with Crippen molar-refractivity contribution in [3.8, 4) is 6.07 Å². The first kappa shape index (κ1) is 26.5. The fraction of sp³-hybridized carbons (Fsp3) is 0.516. The van der Waals surface area contributed by atoms with Gasteiger partial charge in [0.2, 0.25) is 17.6 Å². The van der Waals surface area contributed by atoms with Crippen LogP contribution in [-0.4, -0.2) is 61.4 Å². The average Bonchev–Trinajstić information content (AvgIpc) is 3.50. The van der Waals surface area contributed by atoms with Crippen molar-refractivity contribution in [2.45, 2.75) is 76.4 Å². The molecule has 1 N–H and O–H groups in total. The zero-order valence-electron chi connectivity index (χ0n) is 23.2. The Hall–Kier alpha value is -3.77. The van der Waals surface area contributed by atoms with E-state index in [4.69, 9.17) is 0 Å². The second-order valence-corrected chi connectivity index (χ2v) is 11.6. The summed E-state index contributed by atoms with van der Waals surface area (Å²) in [5.41, 5.74) is 2.12. The second kappa shape index (κ2) is 11.0. The SMILES string of the molecule is CC(=O)N1CCC2(CC1)NCN(C(c1ccccc1)c1cc3cnc(C#N)nc3n1CCC1CCCCC1)C2=O. The Morgan fingerprint density at radius 2 is 1.93 bits per heavy atom. The Kier molecular flexibility index (Phi) is 7.28. The fourth-order valence-electron chi connectivity index (χ4n) is 6.97. The standard InChI is InChI=1S/C31H37N7O2/c1-22(39)36-16-13-31(14-17-36)30(40)38(21-34-31)28(24-10-6-3-7-11-24)26-18-25-20-33-27(19-32)35-29(25)37(26)15-12-23-8-4-2-5-9-23/h3,6-7,10-11,18,20,23,28,34H,2,4-5,8-9,12-17,21H2,1H3. The monoisotopic (exact) mass is 539 g/mol. The molecule has 1 saturated carbocycles. The number of piperidine rings is 1. The minimum absolute atomic E-state index is 0.0552. The molecule has 2 amide bonds. The summed E-state index contributed by atoms with van der Waals surface area (Å²) in [5.74, 6) is 0.968. The van der Waals surface area contributed by atoms with E-state index in [1.54, 1.807) is 13.1 Å². The van der Waals surface area contributed by atoms with E-state index in [2.05, 4.69) is 44.1 Å². The van der Waals surface area contributed by atoms with Gasteiger partial charge in [0, 0.05) is 43.8 Å². The van der Waals surface area contributed by atoms with Gasteiger partial charge in [-0.1, -0.05) is 62.4 Å². The third kappa shape index (κ3) is 4.86. The number of nitrogens with zero attached hydrogens (tertiary/aromatic N) is 6. The van der Waals surface area contributed by atoms with E-state index in [0.29, 0.717) is 38.5 Å². The molecule has 4 heterocycles. The molecule has 2 aromatic heterocycles. The number of nitrogens with one attached hydrogen (secondary N) is 1. The van der Waals surface area contributed by atoms with Crippen molar-refractivity contribution in [3.63, 3.8) is 0 Å². The molecule has 3 aliphatic rings. The van der Waals surface area contributed by atoms with E-state index < -0.39 is 5.54 Å². The van der Waals surface area contributed by atoms with Crippen LogP contribution in [0.1, 0.15) is 81.4 Å². The highest BCUT2D eigenvalue weighted by atomic mass is 16.2. The first-order valence-corrected chi connectivity index (χ1v) is 14.6. The van der Waals surface area contributed by atoms with E-state index in [0.717, 1.165) is 35.3 Å². The van der Waals surface area contributed by atoms with Crippen molar-refractivity contribution in [1.29, 1.82) is 5.26 Å². The van der Waals surface area contributed by atoms with Crippen LogP contribution < -0.4 is 5.32 Å². The molecule has 40 heavy (non-hydrogen) atoms. The molecule has 208 valence electrons. The zero-order valence-corrected chi connectivity index (χ0v) is 23.2. The van der Waals surface area contributed by atoms with Crippen LogP contribution in [0, 0.1) is 17.2 Å². The first-order valence-electron chi connectivity index (χ1n) is 14.6. The number of aryl methyl sites for hydroxylation is 1. The topological polar surface area (TPSA) is 107 Å². The van der Waals surface area contributed by atoms with Gasteiger partial charge in [-0.2, -0.15) is 5.26 Å². The maximum Gasteiger partial charge on any atom is 0.244 e.